The summed E-state index contributed by atoms with van der Waals surface area (Å²) in [6.07, 6.45) is 5.79. The van der Waals surface area contributed by atoms with E-state index in [1.54, 1.807) is 0 Å². The molecule has 32 heavy (non-hydrogen) atoms. The molecule has 0 bridgehead atoms. The van der Waals surface area contributed by atoms with E-state index < -0.39 is 29.9 Å². The number of carbonyl (C=O) groups is 4. The van der Waals surface area contributed by atoms with Gasteiger partial charge in [0, 0.05) is 25.1 Å². The molecule has 10 heteroatoms. The number of nitrogens with one attached hydrogen (secondary N) is 1. The molecule has 1 heterocycles. The fourth-order valence-electron chi connectivity index (χ4n) is 3.44. The van der Waals surface area contributed by atoms with Gasteiger partial charge in [0.1, 0.15) is 18.7 Å². The number of terminal acetylenes is 1. The summed E-state index contributed by atoms with van der Waals surface area (Å²) in [5.41, 5.74) is 6.32. The SMILES string of the molecule is C#CCO[C@@H]1CCN(C(=O)CSCC(=O)[O-])[C@H](C(=O)N[C@H](Cc2ccccc2)C(N)=O)C1. The first-order chi connectivity index (χ1) is 15.3. The first-order valence-corrected chi connectivity index (χ1v) is 11.2. The van der Waals surface area contributed by atoms with Gasteiger partial charge in [0.05, 0.1) is 17.8 Å². The lowest BCUT2D eigenvalue weighted by Crippen LogP contribution is -2.58. The van der Waals surface area contributed by atoms with Crippen molar-refractivity contribution in [3.63, 3.8) is 0 Å². The molecular weight excluding hydrogens is 434 g/mol. The maximum atomic E-state index is 13.1. The van der Waals surface area contributed by atoms with Crippen LogP contribution in [0, 0.1) is 12.3 Å². The van der Waals surface area contributed by atoms with Crippen molar-refractivity contribution >= 4 is 35.5 Å². The van der Waals surface area contributed by atoms with Crippen LogP contribution in [0.3, 0.4) is 0 Å². The van der Waals surface area contributed by atoms with Crippen molar-refractivity contribution in [2.45, 2.75) is 37.5 Å². The Balaban J connectivity index is 2.11. The highest BCUT2D eigenvalue weighted by Gasteiger charge is 2.37. The summed E-state index contributed by atoms with van der Waals surface area (Å²) >= 11 is 0.895. The molecule has 1 aromatic rings. The van der Waals surface area contributed by atoms with E-state index in [0.29, 0.717) is 6.42 Å². The van der Waals surface area contributed by atoms with Crippen LogP contribution in [0.2, 0.25) is 0 Å². The lowest BCUT2D eigenvalue weighted by Gasteiger charge is -2.38. The number of hydrogen-bond acceptors (Lipinski definition) is 7. The maximum absolute atomic E-state index is 13.1. The Morgan fingerprint density at radius 2 is 2.00 bits per heavy atom. The van der Waals surface area contributed by atoms with Crippen LogP contribution in [0.1, 0.15) is 18.4 Å². The molecule has 3 atom stereocenters. The number of carbonyl (C=O) groups excluding carboxylic acids is 4. The van der Waals surface area contributed by atoms with E-state index in [2.05, 4.69) is 11.2 Å². The van der Waals surface area contributed by atoms with Crippen LogP contribution < -0.4 is 16.2 Å². The van der Waals surface area contributed by atoms with Crippen LogP contribution in [-0.2, 0) is 30.3 Å². The van der Waals surface area contributed by atoms with E-state index >= 15 is 0 Å². The van der Waals surface area contributed by atoms with Gasteiger partial charge in [-0.2, -0.15) is 0 Å². The zero-order valence-corrected chi connectivity index (χ0v) is 18.3. The molecule has 2 rings (SSSR count). The molecule has 9 nitrogen and oxygen atoms in total. The van der Waals surface area contributed by atoms with Gasteiger partial charge in [-0.15, -0.1) is 18.2 Å². The van der Waals surface area contributed by atoms with Gasteiger partial charge in [-0.25, -0.2) is 0 Å². The monoisotopic (exact) mass is 460 g/mol. The molecule has 0 saturated carbocycles. The predicted octanol–water partition coefficient (Wildman–Crippen LogP) is -1.31. The molecule has 3 N–H and O–H groups in total. The van der Waals surface area contributed by atoms with Crippen LogP contribution in [0.5, 0.6) is 0 Å². The zero-order chi connectivity index (χ0) is 23.5. The highest BCUT2D eigenvalue weighted by Crippen LogP contribution is 2.22. The molecule has 172 valence electrons. The van der Waals surface area contributed by atoms with Crippen molar-refractivity contribution < 1.29 is 29.0 Å². The topological polar surface area (TPSA) is 142 Å². The Bertz CT molecular complexity index is 857. The molecule has 0 spiro atoms. The fraction of sp³-hybridized carbons (Fsp3) is 0.455. The molecule has 3 amide bonds. The number of aliphatic carboxylic acids is 1. The first-order valence-electron chi connectivity index (χ1n) is 10.1. The van der Waals surface area contributed by atoms with E-state index in [1.807, 2.05) is 30.3 Å². The maximum Gasteiger partial charge on any atom is 0.243 e. The second kappa shape index (κ2) is 12.7. The molecule has 0 radical (unpaired) electrons. The number of carboxylic acid groups (broad SMARTS) is 1. The Morgan fingerprint density at radius 1 is 1.28 bits per heavy atom. The van der Waals surface area contributed by atoms with E-state index in [-0.39, 0.29) is 49.5 Å². The Labute approximate surface area is 191 Å². The number of benzene rings is 1. The summed E-state index contributed by atoms with van der Waals surface area (Å²) < 4.78 is 5.56. The van der Waals surface area contributed by atoms with Crippen molar-refractivity contribution in [1.29, 1.82) is 0 Å². The van der Waals surface area contributed by atoms with Gasteiger partial charge in [0.2, 0.25) is 17.7 Å². The number of piperidine rings is 1. The Morgan fingerprint density at radius 3 is 2.62 bits per heavy atom. The summed E-state index contributed by atoms with van der Waals surface area (Å²) in [6.45, 7) is 0.310. The standard InChI is InChI=1S/C22H27N3O6S/c1-2-10-31-16-8-9-25(19(26)13-32-14-20(27)28)18(12-16)22(30)24-17(21(23)29)11-15-6-4-3-5-7-15/h1,3-7,16-18H,8-14H2,(H2,23,29)(H,24,30)(H,27,28)/p-1/t16-,17-,18+/m1/s1. The lowest BCUT2D eigenvalue weighted by atomic mass is 9.97. The quantitative estimate of drug-likeness (QED) is 0.391. The van der Waals surface area contributed by atoms with Gasteiger partial charge in [0.15, 0.2) is 0 Å². The largest absolute Gasteiger partial charge is 0.549 e. The van der Waals surface area contributed by atoms with E-state index in [4.69, 9.17) is 16.9 Å². The molecule has 0 aromatic heterocycles. The number of nitrogens with zero attached hydrogens (tertiary/aromatic N) is 1. The van der Waals surface area contributed by atoms with Crippen molar-refractivity contribution in [3.8, 4) is 12.3 Å². The fourth-order valence-corrected chi connectivity index (χ4v) is 4.05. The van der Waals surface area contributed by atoms with Crippen LogP contribution in [0.4, 0.5) is 0 Å². The number of thioether (sulfide) groups is 1. The molecule has 0 unspecified atom stereocenters. The van der Waals surface area contributed by atoms with Crippen LogP contribution >= 0.6 is 11.8 Å². The summed E-state index contributed by atoms with van der Waals surface area (Å²) in [4.78, 5) is 49.7. The number of hydrogen-bond donors (Lipinski definition) is 2. The minimum absolute atomic E-state index is 0.0757. The smallest absolute Gasteiger partial charge is 0.243 e. The minimum atomic E-state index is -1.27. The van der Waals surface area contributed by atoms with E-state index in [0.717, 1.165) is 17.3 Å². The normalized spacial score (nSPS) is 18.9. The Kier molecular flexibility index (Phi) is 10.0. The molecule has 1 aromatic carbocycles. The molecular formula is C22H26N3O6S-. The molecule has 1 aliphatic rings. The van der Waals surface area contributed by atoms with Crippen molar-refractivity contribution in [2.24, 2.45) is 5.73 Å². The van der Waals surface area contributed by atoms with E-state index in [9.17, 15) is 24.3 Å². The third-order valence-corrected chi connectivity index (χ3v) is 5.86. The summed E-state index contributed by atoms with van der Waals surface area (Å²) in [5, 5.41) is 13.3. The lowest BCUT2D eigenvalue weighted by molar-refractivity contribution is -0.301. The first kappa shape index (κ1) is 25.2. The average Bonchev–Trinajstić information content (AvgIpc) is 2.77. The van der Waals surface area contributed by atoms with Crippen LogP contribution in [0.15, 0.2) is 30.3 Å². The number of likely N-dealkylation sites (tertiary alicyclic amines) is 1. The number of nitrogens with two attached hydrogens (primary N) is 1. The highest BCUT2D eigenvalue weighted by atomic mass is 32.2. The average molecular weight is 461 g/mol. The van der Waals surface area contributed by atoms with Crippen LogP contribution in [-0.4, -0.2) is 71.4 Å². The molecule has 0 aliphatic carbocycles. The number of ether oxygens (including phenoxy) is 1. The van der Waals surface area contributed by atoms with Crippen molar-refractivity contribution in [3.05, 3.63) is 35.9 Å². The van der Waals surface area contributed by atoms with E-state index in [1.165, 1.54) is 4.90 Å². The Hall–Kier alpha value is -3.03. The van der Waals surface area contributed by atoms with Crippen molar-refractivity contribution in [1.82, 2.24) is 10.2 Å². The second-order valence-corrected chi connectivity index (χ2v) is 8.27. The van der Waals surface area contributed by atoms with Gasteiger partial charge in [-0.1, -0.05) is 36.3 Å². The molecule has 1 aliphatic heterocycles. The third-order valence-electron chi connectivity index (χ3n) is 4.97. The second-order valence-electron chi connectivity index (χ2n) is 7.28. The summed E-state index contributed by atoms with van der Waals surface area (Å²) in [7, 11) is 0. The van der Waals surface area contributed by atoms with Gasteiger partial charge < -0.3 is 30.6 Å². The number of amides is 3. The minimum Gasteiger partial charge on any atom is -0.549 e. The number of carboxylic acids is 1. The number of primary amides is 1. The summed E-state index contributed by atoms with van der Waals surface area (Å²) in [6, 6.07) is 7.24. The molecule has 1 saturated heterocycles. The predicted molar refractivity (Wildman–Crippen MR) is 117 cm³/mol. The van der Waals surface area contributed by atoms with Gasteiger partial charge in [-0.3, -0.25) is 14.4 Å². The number of rotatable bonds is 11. The highest BCUT2D eigenvalue weighted by molar-refractivity contribution is 8.00. The van der Waals surface area contributed by atoms with Gasteiger partial charge in [0.25, 0.3) is 0 Å². The van der Waals surface area contributed by atoms with Gasteiger partial charge in [-0.05, 0) is 12.0 Å². The van der Waals surface area contributed by atoms with Gasteiger partial charge >= 0.3 is 0 Å². The van der Waals surface area contributed by atoms with Crippen molar-refractivity contribution in [2.75, 3.05) is 24.7 Å². The van der Waals surface area contributed by atoms with Crippen LogP contribution in [0.25, 0.3) is 0 Å². The summed E-state index contributed by atoms with van der Waals surface area (Å²) in [5.74, 6) is -0.948. The zero-order valence-electron chi connectivity index (χ0n) is 17.5. The third kappa shape index (κ3) is 7.90. The molecule has 1 fully saturated rings.